The highest BCUT2D eigenvalue weighted by atomic mass is 19.1. The molecule has 0 unspecified atom stereocenters. The van der Waals surface area contributed by atoms with Crippen molar-refractivity contribution >= 4 is 5.91 Å². The summed E-state index contributed by atoms with van der Waals surface area (Å²) >= 11 is 0. The fourth-order valence-electron chi connectivity index (χ4n) is 2.93. The third-order valence-corrected chi connectivity index (χ3v) is 4.29. The normalized spacial score (nSPS) is 11.8. The number of aromatic nitrogens is 3. The van der Waals surface area contributed by atoms with Crippen LogP contribution in [-0.4, -0.2) is 20.7 Å². The lowest BCUT2D eigenvalue weighted by Crippen LogP contribution is -2.30. The minimum Gasteiger partial charge on any atom is -0.338 e. The van der Waals surface area contributed by atoms with Gasteiger partial charge in [0, 0.05) is 12.4 Å². The van der Waals surface area contributed by atoms with Gasteiger partial charge in [-0.1, -0.05) is 42.5 Å². The number of nitrogens with one attached hydrogen (secondary N) is 1. The molecule has 2 aromatic carbocycles. The molecule has 0 aliphatic rings. The first-order chi connectivity index (χ1) is 13.7. The van der Waals surface area contributed by atoms with Crippen molar-refractivity contribution in [3.63, 3.8) is 0 Å². The largest absolute Gasteiger partial charge is 0.338 e. The van der Waals surface area contributed by atoms with Gasteiger partial charge in [0.2, 0.25) is 0 Å². The van der Waals surface area contributed by atoms with E-state index >= 15 is 0 Å². The second kappa shape index (κ2) is 7.84. The van der Waals surface area contributed by atoms with Crippen LogP contribution in [0.3, 0.4) is 0 Å². The molecule has 28 heavy (non-hydrogen) atoms. The molecule has 2 aromatic heterocycles. The number of pyridine rings is 1. The molecule has 4 aromatic rings. The third kappa shape index (κ3) is 3.81. The summed E-state index contributed by atoms with van der Waals surface area (Å²) < 4.78 is 14.9. The minimum absolute atomic E-state index is 0.237. The Balaban J connectivity index is 1.60. The van der Waals surface area contributed by atoms with Gasteiger partial charge in [-0.15, -0.1) is 0 Å². The van der Waals surface area contributed by atoms with E-state index in [4.69, 9.17) is 0 Å². The van der Waals surface area contributed by atoms with Crippen molar-refractivity contribution in [1.29, 1.82) is 0 Å². The van der Waals surface area contributed by atoms with Crippen molar-refractivity contribution < 1.29 is 9.18 Å². The molecule has 1 amide bonds. The molecule has 4 rings (SSSR count). The SMILES string of the molecule is O=C(N[C@@H](c1ccccc1)c1ccccn1)c1ccn(-c2cccc(F)c2)n1. The summed E-state index contributed by atoms with van der Waals surface area (Å²) in [4.78, 5) is 17.2. The zero-order chi connectivity index (χ0) is 19.3. The molecule has 1 N–H and O–H groups in total. The summed E-state index contributed by atoms with van der Waals surface area (Å²) in [5.41, 5.74) is 2.43. The van der Waals surface area contributed by atoms with Crippen LogP contribution in [0.4, 0.5) is 4.39 Å². The van der Waals surface area contributed by atoms with E-state index < -0.39 is 6.04 Å². The highest BCUT2D eigenvalue weighted by Gasteiger charge is 2.20. The zero-order valence-corrected chi connectivity index (χ0v) is 14.9. The van der Waals surface area contributed by atoms with E-state index in [1.807, 2.05) is 48.5 Å². The number of benzene rings is 2. The Labute approximate surface area is 161 Å². The molecule has 138 valence electrons. The molecular weight excluding hydrogens is 355 g/mol. The van der Waals surface area contributed by atoms with Crippen molar-refractivity contribution in [3.05, 3.63) is 114 Å². The molecule has 2 heterocycles. The fraction of sp³-hybridized carbons (Fsp3) is 0.0455. The summed E-state index contributed by atoms with van der Waals surface area (Å²) in [5, 5.41) is 7.27. The van der Waals surface area contributed by atoms with Crippen LogP contribution >= 0.6 is 0 Å². The second-order valence-electron chi connectivity index (χ2n) is 6.20. The van der Waals surface area contributed by atoms with Crippen LogP contribution < -0.4 is 5.32 Å². The molecule has 0 bridgehead atoms. The summed E-state index contributed by atoms with van der Waals surface area (Å²) in [6.07, 6.45) is 3.32. The van der Waals surface area contributed by atoms with E-state index in [0.717, 1.165) is 11.3 Å². The number of hydrogen-bond donors (Lipinski definition) is 1. The van der Waals surface area contributed by atoms with Gasteiger partial charge in [0.1, 0.15) is 5.82 Å². The van der Waals surface area contributed by atoms with Gasteiger partial charge < -0.3 is 5.32 Å². The van der Waals surface area contributed by atoms with Gasteiger partial charge in [0.25, 0.3) is 5.91 Å². The predicted molar refractivity (Wildman–Crippen MR) is 104 cm³/mol. The van der Waals surface area contributed by atoms with Gasteiger partial charge in [-0.25, -0.2) is 9.07 Å². The highest BCUT2D eigenvalue weighted by molar-refractivity contribution is 5.92. The van der Waals surface area contributed by atoms with Crippen LogP contribution in [0.1, 0.15) is 27.8 Å². The van der Waals surface area contributed by atoms with Crippen LogP contribution in [0.2, 0.25) is 0 Å². The molecule has 0 spiro atoms. The van der Waals surface area contributed by atoms with Crippen molar-refractivity contribution in [2.24, 2.45) is 0 Å². The Morgan fingerprint density at radius 2 is 1.79 bits per heavy atom. The lowest BCUT2D eigenvalue weighted by Gasteiger charge is -2.18. The van der Waals surface area contributed by atoms with Gasteiger partial charge in [0.05, 0.1) is 17.4 Å². The lowest BCUT2D eigenvalue weighted by atomic mass is 10.0. The number of carbonyl (C=O) groups excluding carboxylic acids is 1. The number of nitrogens with zero attached hydrogens (tertiary/aromatic N) is 3. The highest BCUT2D eigenvalue weighted by Crippen LogP contribution is 2.20. The van der Waals surface area contributed by atoms with Gasteiger partial charge in [-0.2, -0.15) is 5.10 Å². The van der Waals surface area contributed by atoms with Crippen molar-refractivity contribution in [3.8, 4) is 5.69 Å². The molecule has 1 atom stereocenters. The average molecular weight is 372 g/mol. The number of halogens is 1. The first-order valence-corrected chi connectivity index (χ1v) is 8.79. The maximum Gasteiger partial charge on any atom is 0.272 e. The first-order valence-electron chi connectivity index (χ1n) is 8.79. The molecule has 0 aliphatic carbocycles. The lowest BCUT2D eigenvalue weighted by molar-refractivity contribution is 0.0937. The van der Waals surface area contributed by atoms with Crippen molar-refractivity contribution in [2.45, 2.75) is 6.04 Å². The summed E-state index contributed by atoms with van der Waals surface area (Å²) in [7, 11) is 0. The Kier molecular flexibility index (Phi) is 4.93. The summed E-state index contributed by atoms with van der Waals surface area (Å²) in [6.45, 7) is 0. The summed E-state index contributed by atoms with van der Waals surface area (Å²) in [6, 6.07) is 22.4. The topological polar surface area (TPSA) is 59.8 Å². The van der Waals surface area contributed by atoms with E-state index in [0.29, 0.717) is 5.69 Å². The smallest absolute Gasteiger partial charge is 0.272 e. The molecule has 5 nitrogen and oxygen atoms in total. The Morgan fingerprint density at radius 1 is 0.964 bits per heavy atom. The van der Waals surface area contributed by atoms with Gasteiger partial charge in [0.15, 0.2) is 5.69 Å². The average Bonchev–Trinajstić information content (AvgIpc) is 3.24. The maximum absolute atomic E-state index is 13.4. The number of hydrogen-bond acceptors (Lipinski definition) is 3. The predicted octanol–water partition coefficient (Wildman–Crippen LogP) is 3.93. The van der Waals surface area contributed by atoms with Gasteiger partial charge >= 0.3 is 0 Å². The van der Waals surface area contributed by atoms with Crippen LogP contribution in [0.25, 0.3) is 5.69 Å². The molecule has 0 fully saturated rings. The number of rotatable bonds is 5. The number of carbonyl (C=O) groups is 1. The third-order valence-electron chi connectivity index (χ3n) is 4.29. The molecule has 0 saturated carbocycles. The molecule has 0 aliphatic heterocycles. The van der Waals surface area contributed by atoms with E-state index in [9.17, 15) is 9.18 Å². The van der Waals surface area contributed by atoms with E-state index in [-0.39, 0.29) is 17.4 Å². The van der Waals surface area contributed by atoms with E-state index in [2.05, 4.69) is 15.4 Å². The van der Waals surface area contributed by atoms with E-state index in [1.54, 1.807) is 30.6 Å². The maximum atomic E-state index is 13.4. The molecule has 0 saturated heterocycles. The Morgan fingerprint density at radius 3 is 2.54 bits per heavy atom. The minimum atomic E-state index is -0.408. The van der Waals surface area contributed by atoms with Gasteiger partial charge in [-0.05, 0) is 42.0 Å². The van der Waals surface area contributed by atoms with Crippen molar-refractivity contribution in [1.82, 2.24) is 20.1 Å². The Bertz CT molecular complexity index is 1040. The van der Waals surface area contributed by atoms with Crippen LogP contribution in [0.15, 0.2) is 91.3 Å². The first kappa shape index (κ1) is 17.6. The fourth-order valence-corrected chi connectivity index (χ4v) is 2.93. The van der Waals surface area contributed by atoms with Gasteiger partial charge in [-0.3, -0.25) is 9.78 Å². The quantitative estimate of drug-likeness (QED) is 0.578. The van der Waals surface area contributed by atoms with Crippen LogP contribution in [-0.2, 0) is 0 Å². The summed E-state index contributed by atoms with van der Waals surface area (Å²) in [5.74, 6) is -0.701. The van der Waals surface area contributed by atoms with E-state index in [1.165, 1.54) is 16.8 Å². The number of amides is 1. The molecule has 6 heteroatoms. The van der Waals surface area contributed by atoms with Crippen molar-refractivity contribution in [2.75, 3.05) is 0 Å². The monoisotopic (exact) mass is 372 g/mol. The Hall–Kier alpha value is -3.80. The second-order valence-corrected chi connectivity index (χ2v) is 6.20. The molecular formula is C22H17FN4O. The van der Waals surface area contributed by atoms with Crippen LogP contribution in [0.5, 0.6) is 0 Å². The zero-order valence-electron chi connectivity index (χ0n) is 14.9. The molecule has 0 radical (unpaired) electrons. The van der Waals surface area contributed by atoms with Crippen LogP contribution in [0, 0.1) is 5.82 Å². The standard InChI is InChI=1S/C22H17FN4O/c23-17-9-6-10-18(15-17)27-14-12-20(26-27)22(28)25-21(16-7-2-1-3-8-16)19-11-4-5-13-24-19/h1-15,21H,(H,25,28)/t21-/m0/s1.